The molecular weight excluding hydrogens is 248 g/mol. The standard InChI is InChI=1S/C13H18N2S2/c1-9(2)6-7-14-10-4-5-11-12(8-10)17-13(15-11)16-3/h4-5,8-9,14H,6-7H2,1-3H3. The molecule has 0 fully saturated rings. The van der Waals surface area contributed by atoms with Gasteiger partial charge in [0, 0.05) is 12.2 Å². The van der Waals surface area contributed by atoms with E-state index in [0.717, 1.165) is 22.3 Å². The summed E-state index contributed by atoms with van der Waals surface area (Å²) >= 11 is 3.47. The summed E-state index contributed by atoms with van der Waals surface area (Å²) in [5.41, 5.74) is 2.31. The Morgan fingerprint density at radius 3 is 2.94 bits per heavy atom. The molecule has 0 atom stereocenters. The largest absolute Gasteiger partial charge is 0.385 e. The van der Waals surface area contributed by atoms with Gasteiger partial charge in [-0.2, -0.15) is 0 Å². The van der Waals surface area contributed by atoms with E-state index < -0.39 is 0 Å². The molecule has 2 rings (SSSR count). The second kappa shape index (κ2) is 5.74. The molecule has 0 amide bonds. The summed E-state index contributed by atoms with van der Waals surface area (Å²) in [5.74, 6) is 0.748. The number of benzene rings is 1. The summed E-state index contributed by atoms with van der Waals surface area (Å²) in [6.07, 6.45) is 3.27. The molecule has 0 aliphatic rings. The van der Waals surface area contributed by atoms with Crippen LogP contribution in [-0.2, 0) is 0 Å². The Morgan fingerprint density at radius 1 is 1.41 bits per heavy atom. The van der Waals surface area contributed by atoms with Crippen molar-refractivity contribution in [2.24, 2.45) is 5.92 Å². The van der Waals surface area contributed by atoms with Crippen molar-refractivity contribution >= 4 is 39.0 Å². The number of fused-ring (bicyclic) bond motifs is 1. The maximum absolute atomic E-state index is 4.53. The van der Waals surface area contributed by atoms with Crippen molar-refractivity contribution in [2.45, 2.75) is 24.6 Å². The van der Waals surface area contributed by atoms with Crippen molar-refractivity contribution in [3.63, 3.8) is 0 Å². The molecule has 0 spiro atoms. The van der Waals surface area contributed by atoms with Gasteiger partial charge >= 0.3 is 0 Å². The van der Waals surface area contributed by atoms with Gasteiger partial charge in [-0.25, -0.2) is 4.98 Å². The summed E-state index contributed by atoms with van der Waals surface area (Å²) in [5, 5.41) is 3.47. The molecule has 17 heavy (non-hydrogen) atoms. The maximum Gasteiger partial charge on any atom is 0.150 e. The minimum atomic E-state index is 0.748. The molecular formula is C13H18N2S2. The number of nitrogens with zero attached hydrogens (tertiary/aromatic N) is 1. The number of anilines is 1. The van der Waals surface area contributed by atoms with Crippen molar-refractivity contribution in [3.05, 3.63) is 18.2 Å². The van der Waals surface area contributed by atoms with E-state index in [-0.39, 0.29) is 0 Å². The van der Waals surface area contributed by atoms with E-state index in [2.05, 4.69) is 48.6 Å². The van der Waals surface area contributed by atoms with Crippen molar-refractivity contribution in [2.75, 3.05) is 18.1 Å². The molecule has 4 heteroatoms. The van der Waals surface area contributed by atoms with Crippen LogP contribution in [0.2, 0.25) is 0 Å². The van der Waals surface area contributed by atoms with E-state index in [1.54, 1.807) is 23.1 Å². The average molecular weight is 266 g/mol. The number of aromatic nitrogens is 1. The van der Waals surface area contributed by atoms with Crippen LogP contribution in [0.4, 0.5) is 5.69 Å². The highest BCUT2D eigenvalue weighted by atomic mass is 32.2. The predicted octanol–water partition coefficient (Wildman–Crippen LogP) is 4.48. The molecule has 0 radical (unpaired) electrons. The zero-order valence-electron chi connectivity index (χ0n) is 10.5. The van der Waals surface area contributed by atoms with E-state index in [9.17, 15) is 0 Å². The Hall–Kier alpha value is -0.740. The Morgan fingerprint density at radius 2 is 2.24 bits per heavy atom. The SMILES string of the molecule is CSc1nc2ccc(NCCC(C)C)cc2s1. The number of hydrogen-bond acceptors (Lipinski definition) is 4. The molecule has 0 saturated carbocycles. The van der Waals surface area contributed by atoms with Crippen molar-refractivity contribution in [1.82, 2.24) is 4.98 Å². The molecule has 1 heterocycles. The van der Waals surface area contributed by atoms with Gasteiger partial charge in [-0.15, -0.1) is 11.3 Å². The highest BCUT2D eigenvalue weighted by Gasteiger charge is 2.03. The van der Waals surface area contributed by atoms with Crippen LogP contribution >= 0.6 is 23.1 Å². The Labute approximate surface area is 111 Å². The van der Waals surface area contributed by atoms with Crippen LogP contribution in [0.3, 0.4) is 0 Å². The molecule has 1 N–H and O–H groups in total. The van der Waals surface area contributed by atoms with Gasteiger partial charge < -0.3 is 5.32 Å². The van der Waals surface area contributed by atoms with Crippen LogP contribution in [0.1, 0.15) is 20.3 Å². The molecule has 0 unspecified atom stereocenters. The van der Waals surface area contributed by atoms with E-state index in [0.29, 0.717) is 0 Å². The number of thioether (sulfide) groups is 1. The first kappa shape index (κ1) is 12.7. The number of nitrogens with one attached hydrogen (secondary N) is 1. The Bertz CT molecular complexity index is 491. The van der Waals surface area contributed by atoms with Crippen LogP contribution < -0.4 is 5.32 Å². The lowest BCUT2D eigenvalue weighted by Crippen LogP contribution is -2.04. The zero-order valence-corrected chi connectivity index (χ0v) is 12.1. The molecule has 1 aromatic heterocycles. The first-order valence-corrected chi connectivity index (χ1v) is 7.91. The van der Waals surface area contributed by atoms with Crippen LogP contribution in [-0.4, -0.2) is 17.8 Å². The third-order valence-corrected chi connectivity index (χ3v) is 4.60. The Kier molecular flexibility index (Phi) is 4.29. The maximum atomic E-state index is 4.53. The highest BCUT2D eigenvalue weighted by Crippen LogP contribution is 2.29. The molecule has 0 bridgehead atoms. The van der Waals surface area contributed by atoms with Gasteiger partial charge in [0.05, 0.1) is 10.2 Å². The summed E-state index contributed by atoms with van der Waals surface area (Å²) in [6.45, 7) is 5.54. The van der Waals surface area contributed by atoms with Gasteiger partial charge in [-0.1, -0.05) is 25.6 Å². The fraction of sp³-hybridized carbons (Fsp3) is 0.462. The molecule has 2 aromatic rings. The predicted molar refractivity (Wildman–Crippen MR) is 79.3 cm³/mol. The monoisotopic (exact) mass is 266 g/mol. The topological polar surface area (TPSA) is 24.9 Å². The third kappa shape index (κ3) is 3.36. The highest BCUT2D eigenvalue weighted by molar-refractivity contribution is 8.00. The van der Waals surface area contributed by atoms with Gasteiger partial charge in [0.2, 0.25) is 0 Å². The lowest BCUT2D eigenvalue weighted by atomic mass is 10.1. The molecule has 92 valence electrons. The number of thiazole rings is 1. The summed E-state index contributed by atoms with van der Waals surface area (Å²) in [7, 11) is 0. The van der Waals surface area contributed by atoms with Gasteiger partial charge in [0.15, 0.2) is 4.34 Å². The summed E-state index contributed by atoms with van der Waals surface area (Å²) in [4.78, 5) is 4.53. The van der Waals surface area contributed by atoms with Gasteiger partial charge in [0.1, 0.15) is 0 Å². The smallest absolute Gasteiger partial charge is 0.150 e. The second-order valence-corrected chi connectivity index (χ2v) is 6.56. The summed E-state index contributed by atoms with van der Waals surface area (Å²) < 4.78 is 2.41. The molecule has 2 nitrogen and oxygen atoms in total. The van der Waals surface area contributed by atoms with Gasteiger partial charge in [0.25, 0.3) is 0 Å². The molecule has 0 aliphatic heterocycles. The minimum absolute atomic E-state index is 0.748. The fourth-order valence-corrected chi connectivity index (χ4v) is 3.13. The zero-order chi connectivity index (χ0) is 12.3. The van der Waals surface area contributed by atoms with E-state index >= 15 is 0 Å². The lowest BCUT2D eigenvalue weighted by molar-refractivity contribution is 0.607. The van der Waals surface area contributed by atoms with Crippen LogP contribution in [0, 0.1) is 5.92 Å². The lowest BCUT2D eigenvalue weighted by Gasteiger charge is -2.07. The second-order valence-electron chi connectivity index (χ2n) is 4.48. The van der Waals surface area contributed by atoms with Crippen molar-refractivity contribution in [3.8, 4) is 0 Å². The first-order valence-electron chi connectivity index (χ1n) is 5.87. The van der Waals surface area contributed by atoms with Crippen molar-refractivity contribution in [1.29, 1.82) is 0 Å². The molecule has 1 aromatic carbocycles. The van der Waals surface area contributed by atoms with Gasteiger partial charge in [-0.05, 0) is 36.8 Å². The summed E-state index contributed by atoms with van der Waals surface area (Å²) in [6, 6.07) is 6.42. The van der Waals surface area contributed by atoms with Crippen molar-refractivity contribution < 1.29 is 0 Å². The van der Waals surface area contributed by atoms with E-state index in [1.165, 1.54) is 16.8 Å². The number of rotatable bonds is 5. The number of hydrogen-bond donors (Lipinski definition) is 1. The van der Waals surface area contributed by atoms with E-state index in [1.807, 2.05) is 0 Å². The van der Waals surface area contributed by atoms with Crippen LogP contribution in [0.25, 0.3) is 10.2 Å². The quantitative estimate of drug-likeness (QED) is 0.808. The minimum Gasteiger partial charge on any atom is -0.385 e. The molecule has 0 saturated heterocycles. The molecule has 0 aliphatic carbocycles. The fourth-order valence-electron chi connectivity index (χ4n) is 1.61. The first-order chi connectivity index (χ1) is 8.19. The Balaban J connectivity index is 2.08. The van der Waals surface area contributed by atoms with E-state index in [4.69, 9.17) is 0 Å². The van der Waals surface area contributed by atoms with Gasteiger partial charge in [-0.3, -0.25) is 0 Å². The van der Waals surface area contributed by atoms with Crippen LogP contribution in [0.15, 0.2) is 22.5 Å². The third-order valence-electron chi connectivity index (χ3n) is 2.59. The normalized spacial score (nSPS) is 11.3. The van der Waals surface area contributed by atoms with Crippen LogP contribution in [0.5, 0.6) is 0 Å². The average Bonchev–Trinajstić information content (AvgIpc) is 2.70.